The van der Waals surface area contributed by atoms with Crippen molar-refractivity contribution < 1.29 is 0 Å². The molecule has 2 N–H and O–H groups in total. The predicted octanol–water partition coefficient (Wildman–Crippen LogP) is 3.52. The van der Waals surface area contributed by atoms with E-state index >= 15 is 0 Å². The molecule has 0 radical (unpaired) electrons. The van der Waals surface area contributed by atoms with Crippen molar-refractivity contribution >= 4 is 28.0 Å². The number of anilines is 2. The number of hydrogen-bond donors (Lipinski definition) is 2. The van der Waals surface area contributed by atoms with Gasteiger partial charge >= 0.3 is 0 Å². The van der Waals surface area contributed by atoms with E-state index in [9.17, 15) is 0 Å². The summed E-state index contributed by atoms with van der Waals surface area (Å²) in [6.45, 7) is 4.38. The molecule has 0 aliphatic carbocycles. The molecule has 4 aromatic heterocycles. The lowest BCUT2D eigenvalue weighted by Gasteiger charge is -2.05. The third kappa shape index (κ3) is 2.76. The Bertz CT molecular complexity index is 952. The predicted molar refractivity (Wildman–Crippen MR) is 94.5 cm³/mol. The van der Waals surface area contributed by atoms with Crippen LogP contribution in [-0.4, -0.2) is 28.9 Å². The van der Waals surface area contributed by atoms with Gasteiger partial charge in [0.05, 0.1) is 23.8 Å². The minimum Gasteiger partial charge on any atom is -0.328 e. The van der Waals surface area contributed by atoms with Gasteiger partial charge in [-0.05, 0) is 29.9 Å². The fourth-order valence-electron chi connectivity index (χ4n) is 2.61. The van der Waals surface area contributed by atoms with Gasteiger partial charge in [0.15, 0.2) is 11.5 Å². The highest BCUT2D eigenvalue weighted by atomic mass is 32.1. The van der Waals surface area contributed by atoms with Crippen LogP contribution in [0.15, 0.2) is 37.1 Å². The number of imidazole rings is 1. The van der Waals surface area contributed by atoms with Crippen molar-refractivity contribution in [3.05, 3.63) is 42.7 Å². The Labute approximate surface area is 143 Å². The number of aromatic nitrogens is 6. The average Bonchev–Trinajstić information content (AvgIpc) is 3.26. The molecule has 0 saturated heterocycles. The highest BCUT2D eigenvalue weighted by Crippen LogP contribution is 2.26. The van der Waals surface area contributed by atoms with Gasteiger partial charge in [-0.15, -0.1) is 0 Å². The number of nitrogens with zero attached hydrogens (tertiary/aromatic N) is 5. The standard InChI is InChI=1S/C16H17N7S/c1-10(2)5-12-6-14(24-22-12)21-15-16-18-9-13(11-7-19-20-8-11)23(16)4-3-17-15/h3-4,6-10H,5H2,1-2H3,(H,17,21)(H,19,20). The Morgan fingerprint density at radius 3 is 3.00 bits per heavy atom. The summed E-state index contributed by atoms with van der Waals surface area (Å²) in [4.78, 5) is 8.93. The number of fused-ring (bicyclic) bond motifs is 1. The minimum atomic E-state index is 0.589. The highest BCUT2D eigenvalue weighted by Gasteiger charge is 2.12. The first-order chi connectivity index (χ1) is 11.7. The number of aromatic amines is 1. The van der Waals surface area contributed by atoms with E-state index in [1.165, 1.54) is 11.5 Å². The van der Waals surface area contributed by atoms with Crippen molar-refractivity contribution in [3.63, 3.8) is 0 Å². The SMILES string of the molecule is CC(C)Cc1cc(Nc2nccn3c(-c4cn[nH]c4)cnc23)sn1. The molecule has 0 aliphatic rings. The maximum Gasteiger partial charge on any atom is 0.180 e. The molecule has 0 aromatic carbocycles. The summed E-state index contributed by atoms with van der Waals surface area (Å²) in [7, 11) is 0. The van der Waals surface area contributed by atoms with Crippen LogP contribution < -0.4 is 5.32 Å². The van der Waals surface area contributed by atoms with Gasteiger partial charge in [0.1, 0.15) is 5.00 Å². The monoisotopic (exact) mass is 339 g/mol. The van der Waals surface area contributed by atoms with Crippen LogP contribution in [0.25, 0.3) is 16.9 Å². The van der Waals surface area contributed by atoms with Gasteiger partial charge in [-0.1, -0.05) is 13.8 Å². The lowest BCUT2D eigenvalue weighted by atomic mass is 10.1. The molecular formula is C16H17N7S. The Kier molecular flexibility index (Phi) is 3.73. The topological polar surface area (TPSA) is 83.8 Å². The zero-order chi connectivity index (χ0) is 16.5. The summed E-state index contributed by atoms with van der Waals surface area (Å²) in [6, 6.07) is 2.08. The zero-order valence-electron chi connectivity index (χ0n) is 13.4. The van der Waals surface area contributed by atoms with Crippen molar-refractivity contribution in [2.24, 2.45) is 5.92 Å². The number of H-pyrrole nitrogens is 1. The molecule has 0 fully saturated rings. The molecule has 0 spiro atoms. The Hall–Kier alpha value is -2.74. The van der Waals surface area contributed by atoms with Crippen molar-refractivity contribution in [2.45, 2.75) is 20.3 Å². The molecule has 0 unspecified atom stereocenters. The molecule has 0 aliphatic heterocycles. The van der Waals surface area contributed by atoms with Crippen LogP contribution in [0.2, 0.25) is 0 Å². The number of rotatable bonds is 5. The van der Waals surface area contributed by atoms with E-state index in [1.54, 1.807) is 12.4 Å². The van der Waals surface area contributed by atoms with Gasteiger partial charge in [-0.3, -0.25) is 9.50 Å². The van der Waals surface area contributed by atoms with Gasteiger partial charge in [0.2, 0.25) is 0 Å². The third-order valence-corrected chi connectivity index (χ3v) is 4.38. The second-order valence-electron chi connectivity index (χ2n) is 6.01. The summed E-state index contributed by atoms with van der Waals surface area (Å²) in [5.74, 6) is 1.30. The molecule has 0 amide bonds. The first-order valence-corrected chi connectivity index (χ1v) is 8.52. The fraction of sp³-hybridized carbons (Fsp3) is 0.250. The van der Waals surface area contributed by atoms with E-state index in [-0.39, 0.29) is 0 Å². The van der Waals surface area contributed by atoms with Crippen LogP contribution in [0.3, 0.4) is 0 Å². The van der Waals surface area contributed by atoms with Crippen LogP contribution in [0.4, 0.5) is 10.8 Å². The van der Waals surface area contributed by atoms with Crippen LogP contribution in [-0.2, 0) is 6.42 Å². The maximum absolute atomic E-state index is 4.51. The molecule has 7 nitrogen and oxygen atoms in total. The van der Waals surface area contributed by atoms with Crippen molar-refractivity contribution in [3.8, 4) is 11.3 Å². The smallest absolute Gasteiger partial charge is 0.180 e. The molecule has 8 heteroatoms. The lowest BCUT2D eigenvalue weighted by molar-refractivity contribution is 0.640. The first kappa shape index (κ1) is 14.8. The third-order valence-electron chi connectivity index (χ3n) is 3.64. The average molecular weight is 339 g/mol. The fourth-order valence-corrected chi connectivity index (χ4v) is 3.29. The molecule has 4 heterocycles. The molecular weight excluding hydrogens is 322 g/mol. The van der Waals surface area contributed by atoms with E-state index in [2.05, 4.69) is 49.8 Å². The van der Waals surface area contributed by atoms with E-state index in [0.29, 0.717) is 11.7 Å². The normalized spacial score (nSPS) is 11.5. The largest absolute Gasteiger partial charge is 0.328 e. The zero-order valence-corrected chi connectivity index (χ0v) is 14.2. The molecule has 122 valence electrons. The Morgan fingerprint density at radius 1 is 1.29 bits per heavy atom. The Balaban J connectivity index is 1.66. The van der Waals surface area contributed by atoms with Crippen LogP contribution in [0.1, 0.15) is 19.5 Å². The van der Waals surface area contributed by atoms with Crippen molar-refractivity contribution in [1.82, 2.24) is 28.9 Å². The summed E-state index contributed by atoms with van der Waals surface area (Å²) in [5.41, 5.74) is 3.82. The van der Waals surface area contributed by atoms with Gasteiger partial charge < -0.3 is 5.32 Å². The van der Waals surface area contributed by atoms with E-state index in [1.807, 2.05) is 23.0 Å². The van der Waals surface area contributed by atoms with Gasteiger partial charge in [-0.2, -0.15) is 9.47 Å². The lowest BCUT2D eigenvalue weighted by Crippen LogP contribution is -1.97. The molecule has 4 rings (SSSR count). The molecule has 0 saturated carbocycles. The molecule has 0 atom stereocenters. The summed E-state index contributed by atoms with van der Waals surface area (Å²) >= 11 is 1.45. The van der Waals surface area contributed by atoms with Crippen molar-refractivity contribution in [1.29, 1.82) is 0 Å². The molecule has 0 bridgehead atoms. The van der Waals surface area contributed by atoms with Crippen LogP contribution in [0, 0.1) is 5.92 Å². The van der Waals surface area contributed by atoms with E-state index in [0.717, 1.165) is 34.0 Å². The van der Waals surface area contributed by atoms with Crippen LogP contribution in [0.5, 0.6) is 0 Å². The van der Waals surface area contributed by atoms with E-state index < -0.39 is 0 Å². The summed E-state index contributed by atoms with van der Waals surface area (Å²) in [5, 5.41) is 11.1. The Morgan fingerprint density at radius 2 is 2.21 bits per heavy atom. The summed E-state index contributed by atoms with van der Waals surface area (Å²) in [6.07, 6.45) is 10.1. The second kappa shape index (κ2) is 6.04. The maximum atomic E-state index is 4.51. The minimum absolute atomic E-state index is 0.589. The van der Waals surface area contributed by atoms with Crippen LogP contribution >= 0.6 is 11.5 Å². The molecule has 4 aromatic rings. The second-order valence-corrected chi connectivity index (χ2v) is 6.81. The van der Waals surface area contributed by atoms with Gasteiger partial charge in [-0.25, -0.2) is 9.97 Å². The van der Waals surface area contributed by atoms with Crippen molar-refractivity contribution in [2.75, 3.05) is 5.32 Å². The summed E-state index contributed by atoms with van der Waals surface area (Å²) < 4.78 is 6.49. The highest BCUT2D eigenvalue weighted by molar-refractivity contribution is 7.10. The molecule has 24 heavy (non-hydrogen) atoms. The van der Waals surface area contributed by atoms with Gasteiger partial charge in [0, 0.05) is 24.2 Å². The van der Waals surface area contributed by atoms with E-state index in [4.69, 9.17) is 0 Å². The quantitative estimate of drug-likeness (QED) is 0.581. The number of hydrogen-bond acceptors (Lipinski definition) is 6. The van der Waals surface area contributed by atoms with Gasteiger partial charge in [0.25, 0.3) is 0 Å². The first-order valence-electron chi connectivity index (χ1n) is 7.74. The number of nitrogens with one attached hydrogen (secondary N) is 2.